The first-order chi connectivity index (χ1) is 12.2. The number of quaternary nitrogens is 1. The molecule has 25 heavy (non-hydrogen) atoms. The lowest BCUT2D eigenvalue weighted by Crippen LogP contribution is -3.13. The molecule has 1 saturated heterocycles. The number of H-pyrrole nitrogens is 1. The lowest BCUT2D eigenvalue weighted by atomic mass is 10.1. The standard InChI is InChI=1S/C17H18N4O4/c22-21(23)14-2-1-5-18-17(14)20-8-6-19(7-9-20)11-13-3-4-15-16(10-13)25-12-24-15/h1-5,10H,6-9,11-12H2/p+2. The summed E-state index contributed by atoms with van der Waals surface area (Å²) in [5.74, 6) is 2.20. The summed E-state index contributed by atoms with van der Waals surface area (Å²) in [4.78, 5) is 17.4. The molecule has 0 aliphatic carbocycles. The molecule has 0 bridgehead atoms. The number of hydrogen-bond donors (Lipinski definition) is 1. The monoisotopic (exact) mass is 344 g/mol. The fourth-order valence-corrected chi connectivity index (χ4v) is 3.38. The van der Waals surface area contributed by atoms with Gasteiger partial charge in [-0.1, -0.05) is 0 Å². The summed E-state index contributed by atoms with van der Waals surface area (Å²) in [5, 5.41) is 11.2. The molecule has 2 aromatic rings. The van der Waals surface area contributed by atoms with Gasteiger partial charge in [0.25, 0.3) is 0 Å². The average Bonchev–Trinajstić information content (AvgIpc) is 3.10. The molecule has 0 radical (unpaired) electrons. The van der Waals surface area contributed by atoms with Crippen molar-refractivity contribution in [3.05, 3.63) is 52.2 Å². The number of fused-ring (bicyclic) bond motifs is 1. The zero-order valence-electron chi connectivity index (χ0n) is 13.7. The van der Waals surface area contributed by atoms with Crippen molar-refractivity contribution in [3.8, 4) is 11.5 Å². The number of pyridine rings is 1. The summed E-state index contributed by atoms with van der Waals surface area (Å²) in [6, 6.07) is 9.26. The first-order valence-corrected chi connectivity index (χ1v) is 8.33. The molecule has 0 spiro atoms. The molecule has 4 rings (SSSR count). The van der Waals surface area contributed by atoms with Crippen LogP contribution in [0.3, 0.4) is 0 Å². The number of aromatic nitrogens is 1. The van der Waals surface area contributed by atoms with E-state index in [9.17, 15) is 10.1 Å². The van der Waals surface area contributed by atoms with Crippen molar-refractivity contribution in [2.24, 2.45) is 0 Å². The molecular formula is C17H20N4O4+2. The number of aromatic amines is 1. The van der Waals surface area contributed by atoms with Gasteiger partial charge in [0.2, 0.25) is 6.79 Å². The number of anilines is 1. The Bertz CT molecular complexity index is 790. The second-order valence-electron chi connectivity index (χ2n) is 6.26. The maximum Gasteiger partial charge on any atom is 0.357 e. The molecule has 0 saturated carbocycles. The molecule has 1 aromatic carbocycles. The lowest BCUT2D eigenvalue weighted by Gasteiger charge is -2.28. The maximum absolute atomic E-state index is 11.2. The van der Waals surface area contributed by atoms with E-state index in [4.69, 9.17) is 9.47 Å². The summed E-state index contributed by atoms with van der Waals surface area (Å²) < 4.78 is 10.8. The van der Waals surface area contributed by atoms with Crippen molar-refractivity contribution >= 4 is 11.5 Å². The van der Waals surface area contributed by atoms with Crippen LogP contribution in [0, 0.1) is 10.1 Å². The van der Waals surface area contributed by atoms with E-state index in [0.29, 0.717) is 5.82 Å². The summed E-state index contributed by atoms with van der Waals surface area (Å²) in [5.41, 5.74) is 1.34. The van der Waals surface area contributed by atoms with Gasteiger partial charge < -0.3 is 14.4 Å². The van der Waals surface area contributed by atoms with E-state index in [2.05, 4.69) is 16.0 Å². The highest BCUT2D eigenvalue weighted by Gasteiger charge is 2.32. The Morgan fingerprint density at radius 3 is 2.80 bits per heavy atom. The van der Waals surface area contributed by atoms with Crippen LogP contribution in [0.5, 0.6) is 11.5 Å². The highest BCUT2D eigenvalue weighted by molar-refractivity contribution is 5.53. The van der Waals surface area contributed by atoms with E-state index in [0.717, 1.165) is 44.2 Å². The minimum Gasteiger partial charge on any atom is -0.454 e. The topological polar surface area (TPSA) is 83.4 Å². The van der Waals surface area contributed by atoms with Gasteiger partial charge in [-0.3, -0.25) is 10.1 Å². The van der Waals surface area contributed by atoms with Crippen LogP contribution >= 0.6 is 0 Å². The number of rotatable bonds is 4. The number of nitrogens with one attached hydrogen (secondary N) is 2. The van der Waals surface area contributed by atoms with E-state index < -0.39 is 0 Å². The number of hydrogen-bond acceptors (Lipinski definition) is 5. The first kappa shape index (κ1) is 15.6. The fourth-order valence-electron chi connectivity index (χ4n) is 3.38. The van der Waals surface area contributed by atoms with Gasteiger partial charge in [0.05, 0.1) is 11.1 Å². The molecule has 1 aromatic heterocycles. The Kier molecular flexibility index (Phi) is 4.10. The van der Waals surface area contributed by atoms with Gasteiger partial charge in [-0.15, -0.1) is 0 Å². The predicted molar refractivity (Wildman–Crippen MR) is 88.8 cm³/mol. The van der Waals surface area contributed by atoms with Crippen LogP contribution in [0.25, 0.3) is 0 Å². The number of nitrogens with zero attached hydrogens (tertiary/aromatic N) is 2. The summed E-state index contributed by atoms with van der Waals surface area (Å²) in [6.07, 6.45) is 1.73. The van der Waals surface area contributed by atoms with Gasteiger partial charge in [-0.05, 0) is 24.3 Å². The second-order valence-corrected chi connectivity index (χ2v) is 6.26. The van der Waals surface area contributed by atoms with E-state index >= 15 is 0 Å². The van der Waals surface area contributed by atoms with Crippen LogP contribution in [0.1, 0.15) is 5.56 Å². The third-order valence-corrected chi connectivity index (χ3v) is 4.69. The van der Waals surface area contributed by atoms with Crippen molar-refractivity contribution in [2.45, 2.75) is 6.54 Å². The number of ether oxygens (including phenoxy) is 2. The number of benzene rings is 1. The molecule has 8 nitrogen and oxygen atoms in total. The van der Waals surface area contributed by atoms with Crippen molar-refractivity contribution < 1.29 is 24.3 Å². The Morgan fingerprint density at radius 1 is 1.20 bits per heavy atom. The normalized spacial score (nSPS) is 16.9. The molecule has 2 N–H and O–H groups in total. The van der Waals surface area contributed by atoms with E-state index in [1.807, 2.05) is 12.1 Å². The van der Waals surface area contributed by atoms with Crippen LogP contribution in [-0.4, -0.2) is 37.9 Å². The summed E-state index contributed by atoms with van der Waals surface area (Å²) >= 11 is 0. The molecule has 130 valence electrons. The van der Waals surface area contributed by atoms with Crippen LogP contribution in [0.2, 0.25) is 0 Å². The molecule has 1 fully saturated rings. The third-order valence-electron chi connectivity index (χ3n) is 4.69. The predicted octanol–water partition coefficient (Wildman–Crippen LogP) is 0.0427. The summed E-state index contributed by atoms with van der Waals surface area (Å²) in [7, 11) is 0. The van der Waals surface area contributed by atoms with Crippen molar-refractivity contribution in [3.63, 3.8) is 0 Å². The number of nitro groups is 1. The zero-order valence-corrected chi connectivity index (χ0v) is 13.7. The van der Waals surface area contributed by atoms with Crippen molar-refractivity contribution in [1.82, 2.24) is 0 Å². The largest absolute Gasteiger partial charge is 0.454 e. The first-order valence-electron chi connectivity index (χ1n) is 8.33. The van der Waals surface area contributed by atoms with Crippen LogP contribution in [-0.2, 0) is 6.54 Å². The van der Waals surface area contributed by atoms with Gasteiger partial charge >= 0.3 is 11.5 Å². The van der Waals surface area contributed by atoms with Gasteiger partial charge in [0.15, 0.2) is 11.5 Å². The van der Waals surface area contributed by atoms with Crippen molar-refractivity contribution in [2.75, 3.05) is 37.9 Å². The van der Waals surface area contributed by atoms with E-state index in [1.54, 1.807) is 12.3 Å². The van der Waals surface area contributed by atoms with Crippen LogP contribution in [0.15, 0.2) is 36.5 Å². The summed E-state index contributed by atoms with van der Waals surface area (Å²) in [6.45, 7) is 4.60. The van der Waals surface area contributed by atoms with Gasteiger partial charge in [-0.25, -0.2) is 9.88 Å². The van der Waals surface area contributed by atoms with Gasteiger partial charge in [-0.2, -0.15) is 0 Å². The average molecular weight is 344 g/mol. The van der Waals surface area contributed by atoms with E-state index in [1.165, 1.54) is 16.5 Å². The highest BCUT2D eigenvalue weighted by atomic mass is 16.7. The quantitative estimate of drug-likeness (QED) is 0.626. The molecular weight excluding hydrogens is 324 g/mol. The van der Waals surface area contributed by atoms with Gasteiger partial charge in [0, 0.05) is 11.6 Å². The highest BCUT2D eigenvalue weighted by Crippen LogP contribution is 2.32. The van der Waals surface area contributed by atoms with Crippen LogP contribution < -0.4 is 24.3 Å². The molecule has 2 aliphatic heterocycles. The number of piperazine rings is 1. The molecule has 8 heteroatoms. The molecule has 2 aliphatic rings. The van der Waals surface area contributed by atoms with Gasteiger partial charge in [0.1, 0.15) is 32.7 Å². The Morgan fingerprint density at radius 2 is 2.00 bits per heavy atom. The molecule has 0 unspecified atom stereocenters. The van der Waals surface area contributed by atoms with Crippen LogP contribution in [0.4, 0.5) is 11.5 Å². The third kappa shape index (κ3) is 3.20. The fraction of sp³-hybridized carbons (Fsp3) is 0.353. The molecule has 3 heterocycles. The zero-order chi connectivity index (χ0) is 17.2. The molecule has 0 atom stereocenters. The molecule has 0 amide bonds. The maximum atomic E-state index is 11.2. The Balaban J connectivity index is 1.40. The second kappa shape index (κ2) is 6.56. The lowest BCUT2D eigenvalue weighted by molar-refractivity contribution is -0.914. The minimum absolute atomic E-state index is 0.127. The Hall–Kier alpha value is -2.87. The van der Waals surface area contributed by atoms with Crippen molar-refractivity contribution in [1.29, 1.82) is 0 Å². The SMILES string of the molecule is O=[N+]([O-])c1ccc[nH+]c1N1CC[NH+](Cc2ccc3c(c2)OCO3)CC1. The smallest absolute Gasteiger partial charge is 0.357 e. The Labute approximate surface area is 144 Å². The minimum atomic E-state index is -0.336. The van der Waals surface area contributed by atoms with E-state index in [-0.39, 0.29) is 17.4 Å².